The van der Waals surface area contributed by atoms with Crippen molar-refractivity contribution in [3.05, 3.63) is 26.4 Å². The number of aromatic nitrogens is 2. The number of carbonyl (C=O) groups excluding carboxylic acids is 1. The molecule has 0 saturated carbocycles. The van der Waals surface area contributed by atoms with E-state index >= 15 is 0 Å². The van der Waals surface area contributed by atoms with Gasteiger partial charge in [0.2, 0.25) is 5.88 Å². The predicted molar refractivity (Wildman–Crippen MR) is 90.9 cm³/mol. The highest BCUT2D eigenvalue weighted by Crippen LogP contribution is 2.15. The van der Waals surface area contributed by atoms with Gasteiger partial charge in [-0.1, -0.05) is 24.0 Å². The van der Waals surface area contributed by atoms with Crippen molar-refractivity contribution in [1.82, 2.24) is 20.3 Å². The molecule has 0 aromatic carbocycles. The number of amides is 1. The minimum atomic E-state index is -0.833. The zero-order valence-electron chi connectivity index (χ0n) is 12.0. The normalized spacial score (nSPS) is 14.3. The van der Waals surface area contributed by atoms with Crippen molar-refractivity contribution in [3.63, 3.8) is 0 Å². The van der Waals surface area contributed by atoms with Crippen LogP contribution in [0.3, 0.4) is 0 Å². The summed E-state index contributed by atoms with van der Waals surface area (Å²) in [4.78, 5) is 40.0. The standard InChI is InChI=1S/C12H15N5O4S2/c18-8(6-23-12(22)17-3-1-2-4-17)16-13-5-7-9(19)14-11(21)15-10(7)20/h5H,1-4,6H2,(H,16,18)(H3,14,15,19,20,21). The quantitative estimate of drug-likeness (QED) is 0.319. The number of thioether (sulfide) groups is 1. The van der Waals surface area contributed by atoms with E-state index in [4.69, 9.17) is 12.2 Å². The van der Waals surface area contributed by atoms with Gasteiger partial charge in [-0.15, -0.1) is 0 Å². The number of hydrogen-bond acceptors (Lipinski definition) is 7. The SMILES string of the molecule is O=C(CSC(=S)N1CCCC1)NN=Cc1c(O)[nH]c(=O)[nH]c1=O. The monoisotopic (exact) mass is 357 g/mol. The van der Waals surface area contributed by atoms with Gasteiger partial charge in [-0.25, -0.2) is 10.2 Å². The Bertz CT molecular complexity index is 736. The summed E-state index contributed by atoms with van der Waals surface area (Å²) >= 11 is 6.47. The first-order valence-electron chi connectivity index (χ1n) is 6.76. The van der Waals surface area contributed by atoms with Crippen LogP contribution in [-0.2, 0) is 4.79 Å². The van der Waals surface area contributed by atoms with Crippen LogP contribution in [0.5, 0.6) is 5.88 Å². The van der Waals surface area contributed by atoms with Crippen molar-refractivity contribution < 1.29 is 9.90 Å². The maximum atomic E-state index is 11.6. The van der Waals surface area contributed by atoms with Crippen LogP contribution in [0, 0.1) is 0 Å². The molecule has 23 heavy (non-hydrogen) atoms. The second-order valence-corrected chi connectivity index (χ2v) is 6.32. The highest BCUT2D eigenvalue weighted by molar-refractivity contribution is 8.23. The molecule has 1 saturated heterocycles. The Kier molecular flexibility index (Phi) is 5.93. The van der Waals surface area contributed by atoms with E-state index in [1.54, 1.807) is 0 Å². The minimum absolute atomic E-state index is 0.0979. The molecule has 4 N–H and O–H groups in total. The van der Waals surface area contributed by atoms with Crippen LogP contribution < -0.4 is 16.7 Å². The molecule has 2 rings (SSSR count). The molecular formula is C12H15N5O4S2. The third-order valence-corrected chi connectivity index (χ3v) is 4.56. The van der Waals surface area contributed by atoms with Gasteiger partial charge in [-0.3, -0.25) is 19.6 Å². The van der Waals surface area contributed by atoms with Gasteiger partial charge in [-0.2, -0.15) is 5.10 Å². The molecule has 124 valence electrons. The van der Waals surface area contributed by atoms with E-state index in [-0.39, 0.29) is 11.3 Å². The molecule has 1 aromatic heterocycles. The summed E-state index contributed by atoms with van der Waals surface area (Å²) in [6.45, 7) is 1.83. The number of aromatic amines is 2. The second-order valence-electron chi connectivity index (χ2n) is 4.71. The summed E-state index contributed by atoms with van der Waals surface area (Å²) in [5.41, 5.74) is 0.319. The minimum Gasteiger partial charge on any atom is -0.494 e. The summed E-state index contributed by atoms with van der Waals surface area (Å²) in [5, 5.41) is 13.0. The fraction of sp³-hybridized carbons (Fsp3) is 0.417. The third-order valence-electron chi connectivity index (χ3n) is 3.03. The molecule has 1 aliphatic heterocycles. The van der Waals surface area contributed by atoms with Crippen molar-refractivity contribution in [2.75, 3.05) is 18.8 Å². The van der Waals surface area contributed by atoms with E-state index in [0.717, 1.165) is 32.1 Å². The number of carbonyl (C=O) groups is 1. The summed E-state index contributed by atoms with van der Waals surface area (Å²) in [7, 11) is 0. The van der Waals surface area contributed by atoms with Crippen molar-refractivity contribution in [2.45, 2.75) is 12.8 Å². The lowest BCUT2D eigenvalue weighted by Gasteiger charge is -2.16. The van der Waals surface area contributed by atoms with E-state index in [1.165, 1.54) is 11.8 Å². The van der Waals surface area contributed by atoms with Crippen molar-refractivity contribution in [2.24, 2.45) is 5.10 Å². The number of aromatic hydroxyl groups is 1. The van der Waals surface area contributed by atoms with Gasteiger partial charge in [0.25, 0.3) is 11.5 Å². The van der Waals surface area contributed by atoms with Crippen LogP contribution in [-0.4, -0.2) is 55.3 Å². The lowest BCUT2D eigenvalue weighted by molar-refractivity contribution is -0.118. The Morgan fingerprint density at radius 3 is 2.74 bits per heavy atom. The molecule has 2 heterocycles. The Morgan fingerprint density at radius 1 is 1.39 bits per heavy atom. The molecule has 1 fully saturated rings. The largest absolute Gasteiger partial charge is 0.494 e. The number of thiocarbonyl (C=S) groups is 1. The van der Waals surface area contributed by atoms with E-state index in [2.05, 4.69) is 15.4 Å². The van der Waals surface area contributed by atoms with Crippen LogP contribution in [0.15, 0.2) is 14.7 Å². The van der Waals surface area contributed by atoms with E-state index in [9.17, 15) is 19.5 Å². The average Bonchev–Trinajstić information content (AvgIpc) is 3.01. The summed E-state index contributed by atoms with van der Waals surface area (Å²) in [6, 6.07) is 0. The Labute approximate surface area is 140 Å². The van der Waals surface area contributed by atoms with Gasteiger partial charge in [0, 0.05) is 13.1 Å². The average molecular weight is 357 g/mol. The first-order valence-corrected chi connectivity index (χ1v) is 8.16. The molecular weight excluding hydrogens is 342 g/mol. The van der Waals surface area contributed by atoms with E-state index in [0.29, 0.717) is 4.32 Å². The molecule has 1 aliphatic rings. The zero-order chi connectivity index (χ0) is 16.8. The van der Waals surface area contributed by atoms with Gasteiger partial charge in [0.05, 0.1) is 12.0 Å². The molecule has 1 amide bonds. The van der Waals surface area contributed by atoms with Crippen LogP contribution in [0.2, 0.25) is 0 Å². The zero-order valence-corrected chi connectivity index (χ0v) is 13.6. The number of hydrazone groups is 1. The topological polar surface area (TPSA) is 131 Å². The number of rotatable bonds is 4. The summed E-state index contributed by atoms with van der Waals surface area (Å²) in [5.74, 6) is -0.921. The van der Waals surface area contributed by atoms with Crippen LogP contribution in [0.1, 0.15) is 18.4 Å². The van der Waals surface area contributed by atoms with Gasteiger partial charge in [-0.05, 0) is 12.8 Å². The molecule has 0 spiro atoms. The molecule has 11 heteroatoms. The van der Waals surface area contributed by atoms with Crippen LogP contribution >= 0.6 is 24.0 Å². The Hall–Kier alpha value is -2.14. The smallest absolute Gasteiger partial charge is 0.328 e. The highest BCUT2D eigenvalue weighted by Gasteiger charge is 2.16. The second kappa shape index (κ2) is 7.92. The van der Waals surface area contributed by atoms with Crippen molar-refractivity contribution in [3.8, 4) is 5.88 Å². The van der Waals surface area contributed by atoms with Gasteiger partial charge in [0.1, 0.15) is 9.88 Å². The molecule has 9 nitrogen and oxygen atoms in total. The van der Waals surface area contributed by atoms with E-state index < -0.39 is 23.0 Å². The first kappa shape index (κ1) is 17.2. The lowest BCUT2D eigenvalue weighted by Crippen LogP contribution is -2.27. The molecule has 0 atom stereocenters. The van der Waals surface area contributed by atoms with E-state index in [1.807, 2.05) is 9.97 Å². The first-order chi connectivity index (χ1) is 11.0. The van der Waals surface area contributed by atoms with Gasteiger partial charge in [0.15, 0.2) is 0 Å². The maximum absolute atomic E-state index is 11.6. The maximum Gasteiger partial charge on any atom is 0.328 e. The number of likely N-dealkylation sites (tertiary alicyclic amines) is 1. The summed E-state index contributed by atoms with van der Waals surface area (Å²) < 4.78 is 0.677. The lowest BCUT2D eigenvalue weighted by atomic mass is 10.3. The van der Waals surface area contributed by atoms with Crippen LogP contribution in [0.25, 0.3) is 0 Å². The Morgan fingerprint density at radius 2 is 2.09 bits per heavy atom. The number of nitrogens with zero attached hydrogens (tertiary/aromatic N) is 2. The number of H-pyrrole nitrogens is 2. The fourth-order valence-electron chi connectivity index (χ4n) is 1.92. The molecule has 0 aliphatic carbocycles. The summed E-state index contributed by atoms with van der Waals surface area (Å²) in [6.07, 6.45) is 3.16. The number of hydrogen-bond donors (Lipinski definition) is 4. The van der Waals surface area contributed by atoms with Gasteiger partial charge >= 0.3 is 5.69 Å². The Balaban J connectivity index is 1.83. The molecule has 0 bridgehead atoms. The molecule has 0 radical (unpaired) electrons. The molecule has 1 aromatic rings. The molecule has 0 unspecified atom stereocenters. The van der Waals surface area contributed by atoms with Crippen molar-refractivity contribution >= 4 is 40.4 Å². The fourth-order valence-corrected chi connectivity index (χ4v) is 2.97. The predicted octanol–water partition coefficient (Wildman–Crippen LogP) is -0.667. The highest BCUT2D eigenvalue weighted by atomic mass is 32.2. The third kappa shape index (κ3) is 4.93. The van der Waals surface area contributed by atoms with Crippen LogP contribution in [0.4, 0.5) is 0 Å². The number of nitrogens with one attached hydrogen (secondary N) is 3. The van der Waals surface area contributed by atoms with Gasteiger partial charge < -0.3 is 10.0 Å². The van der Waals surface area contributed by atoms with Crippen molar-refractivity contribution in [1.29, 1.82) is 0 Å².